The molecule has 2 N–H and O–H groups in total. The lowest BCUT2D eigenvalue weighted by molar-refractivity contribution is -0.139. The highest BCUT2D eigenvalue weighted by Crippen LogP contribution is 2.09. The Bertz CT molecular complexity index is 449. The number of hydrogen-bond donors (Lipinski definition) is 2. The lowest BCUT2D eigenvalue weighted by Gasteiger charge is -2.16. The third kappa shape index (κ3) is 4.33. The molecule has 0 saturated heterocycles. The zero-order valence-corrected chi connectivity index (χ0v) is 10.9. The van der Waals surface area contributed by atoms with Crippen LogP contribution in [-0.2, 0) is 4.79 Å². The Balaban J connectivity index is 2.75. The Labute approximate surface area is 110 Å². The Kier molecular flexibility index (Phi) is 5.09. The van der Waals surface area contributed by atoms with Gasteiger partial charge < -0.3 is 10.4 Å². The maximum atomic E-state index is 11.8. The number of nitrogens with zero attached hydrogens (tertiary/aromatic N) is 1. The van der Waals surface area contributed by atoms with Gasteiger partial charge in [0, 0.05) is 11.2 Å². The number of rotatable bonds is 5. The number of pyridine rings is 1. The monoisotopic (exact) mass is 270 g/mol. The second kappa shape index (κ2) is 6.35. The lowest BCUT2D eigenvalue weighted by atomic mass is 10.0. The Morgan fingerprint density at radius 3 is 2.67 bits per heavy atom. The molecule has 0 radical (unpaired) electrons. The van der Waals surface area contributed by atoms with Crippen molar-refractivity contribution in [1.29, 1.82) is 0 Å². The number of aliphatic carboxylic acids is 1. The molecule has 0 saturated carbocycles. The molecule has 1 atom stereocenters. The minimum Gasteiger partial charge on any atom is -0.480 e. The van der Waals surface area contributed by atoms with Crippen LogP contribution in [0.2, 0.25) is 5.02 Å². The van der Waals surface area contributed by atoms with Gasteiger partial charge in [-0.1, -0.05) is 25.4 Å². The largest absolute Gasteiger partial charge is 0.480 e. The summed E-state index contributed by atoms with van der Waals surface area (Å²) in [5, 5.41) is 11.8. The van der Waals surface area contributed by atoms with E-state index in [1.54, 1.807) is 6.07 Å². The van der Waals surface area contributed by atoms with E-state index in [4.69, 9.17) is 16.7 Å². The topological polar surface area (TPSA) is 79.3 Å². The Morgan fingerprint density at radius 1 is 1.50 bits per heavy atom. The van der Waals surface area contributed by atoms with E-state index >= 15 is 0 Å². The quantitative estimate of drug-likeness (QED) is 0.857. The standard InChI is InChI=1S/C12H15ClN2O3/c1-7(2)5-10(12(17)18)15-11(16)9-6-8(13)3-4-14-9/h3-4,6-7,10H,5H2,1-2H3,(H,15,16)(H,17,18)/t10-/m0/s1. The fourth-order valence-electron chi connectivity index (χ4n) is 1.45. The van der Waals surface area contributed by atoms with Crippen LogP contribution in [0.25, 0.3) is 0 Å². The summed E-state index contributed by atoms with van der Waals surface area (Å²) in [7, 11) is 0. The van der Waals surface area contributed by atoms with Crippen LogP contribution < -0.4 is 5.32 Å². The minimum atomic E-state index is -1.06. The van der Waals surface area contributed by atoms with Gasteiger partial charge in [0.25, 0.3) is 5.91 Å². The maximum Gasteiger partial charge on any atom is 0.326 e. The summed E-state index contributed by atoms with van der Waals surface area (Å²) in [5.74, 6) is -1.43. The van der Waals surface area contributed by atoms with Crippen LogP contribution in [0.15, 0.2) is 18.3 Å². The van der Waals surface area contributed by atoms with E-state index in [1.165, 1.54) is 12.3 Å². The first-order valence-electron chi connectivity index (χ1n) is 5.55. The highest BCUT2D eigenvalue weighted by Gasteiger charge is 2.22. The smallest absolute Gasteiger partial charge is 0.326 e. The van der Waals surface area contributed by atoms with Crippen molar-refractivity contribution in [2.45, 2.75) is 26.3 Å². The zero-order valence-electron chi connectivity index (χ0n) is 10.2. The van der Waals surface area contributed by atoms with Gasteiger partial charge >= 0.3 is 5.97 Å². The van der Waals surface area contributed by atoms with Gasteiger partial charge in [-0.2, -0.15) is 0 Å². The summed E-state index contributed by atoms with van der Waals surface area (Å²) < 4.78 is 0. The molecule has 0 spiro atoms. The third-order valence-corrected chi connectivity index (χ3v) is 2.50. The van der Waals surface area contributed by atoms with Gasteiger partial charge in [-0.25, -0.2) is 4.79 Å². The fraction of sp³-hybridized carbons (Fsp3) is 0.417. The fourth-order valence-corrected chi connectivity index (χ4v) is 1.61. The first-order chi connectivity index (χ1) is 8.40. The van der Waals surface area contributed by atoms with Crippen molar-refractivity contribution in [2.24, 2.45) is 5.92 Å². The molecule has 98 valence electrons. The van der Waals surface area contributed by atoms with Crippen LogP contribution in [0.5, 0.6) is 0 Å². The van der Waals surface area contributed by atoms with Crippen molar-refractivity contribution >= 4 is 23.5 Å². The predicted molar refractivity (Wildman–Crippen MR) is 67.6 cm³/mol. The molecule has 0 aliphatic carbocycles. The predicted octanol–water partition coefficient (Wildman–Crippen LogP) is 1.96. The molecule has 0 aromatic carbocycles. The van der Waals surface area contributed by atoms with E-state index in [2.05, 4.69) is 10.3 Å². The van der Waals surface area contributed by atoms with Crippen LogP contribution in [0, 0.1) is 5.92 Å². The van der Waals surface area contributed by atoms with Gasteiger partial charge in [-0.15, -0.1) is 0 Å². The van der Waals surface area contributed by atoms with E-state index in [0.29, 0.717) is 11.4 Å². The number of carboxylic acids is 1. The first kappa shape index (κ1) is 14.4. The number of nitrogens with one attached hydrogen (secondary N) is 1. The molecule has 1 aromatic rings. The van der Waals surface area contributed by atoms with Crippen molar-refractivity contribution in [3.63, 3.8) is 0 Å². The molecule has 0 aliphatic rings. The molecule has 0 aliphatic heterocycles. The molecule has 1 heterocycles. The minimum absolute atomic E-state index is 0.109. The molecule has 5 nitrogen and oxygen atoms in total. The Morgan fingerprint density at radius 2 is 2.17 bits per heavy atom. The second-order valence-electron chi connectivity index (χ2n) is 4.35. The summed E-state index contributed by atoms with van der Waals surface area (Å²) in [5.41, 5.74) is 0.109. The molecule has 0 unspecified atom stereocenters. The zero-order chi connectivity index (χ0) is 13.7. The number of halogens is 1. The Hall–Kier alpha value is -1.62. The van der Waals surface area contributed by atoms with Crippen molar-refractivity contribution in [3.05, 3.63) is 29.0 Å². The molecule has 1 aromatic heterocycles. The van der Waals surface area contributed by atoms with Crippen molar-refractivity contribution < 1.29 is 14.7 Å². The van der Waals surface area contributed by atoms with Crippen LogP contribution in [-0.4, -0.2) is 28.0 Å². The molecule has 0 fully saturated rings. The number of hydrogen-bond acceptors (Lipinski definition) is 3. The summed E-state index contributed by atoms with van der Waals surface area (Å²) in [4.78, 5) is 26.6. The first-order valence-corrected chi connectivity index (χ1v) is 5.93. The molecular weight excluding hydrogens is 256 g/mol. The van der Waals surface area contributed by atoms with E-state index in [0.717, 1.165) is 0 Å². The van der Waals surface area contributed by atoms with Crippen LogP contribution in [0.3, 0.4) is 0 Å². The number of carboxylic acid groups (broad SMARTS) is 1. The highest BCUT2D eigenvalue weighted by atomic mass is 35.5. The summed E-state index contributed by atoms with van der Waals surface area (Å²) in [6.07, 6.45) is 1.76. The van der Waals surface area contributed by atoms with Crippen molar-refractivity contribution in [2.75, 3.05) is 0 Å². The average Bonchev–Trinajstić information content (AvgIpc) is 2.27. The summed E-state index contributed by atoms with van der Waals surface area (Å²) in [6, 6.07) is 2.02. The summed E-state index contributed by atoms with van der Waals surface area (Å²) in [6.45, 7) is 3.78. The summed E-state index contributed by atoms with van der Waals surface area (Å²) >= 11 is 5.74. The third-order valence-electron chi connectivity index (χ3n) is 2.27. The second-order valence-corrected chi connectivity index (χ2v) is 4.79. The maximum absolute atomic E-state index is 11.8. The number of carbonyl (C=O) groups is 2. The van der Waals surface area contributed by atoms with Crippen LogP contribution in [0.4, 0.5) is 0 Å². The lowest BCUT2D eigenvalue weighted by Crippen LogP contribution is -2.41. The van der Waals surface area contributed by atoms with Gasteiger partial charge in [0.1, 0.15) is 11.7 Å². The highest BCUT2D eigenvalue weighted by molar-refractivity contribution is 6.30. The van der Waals surface area contributed by atoms with E-state index in [-0.39, 0.29) is 11.6 Å². The van der Waals surface area contributed by atoms with Crippen LogP contribution in [0.1, 0.15) is 30.8 Å². The molecular formula is C12H15ClN2O3. The van der Waals surface area contributed by atoms with Gasteiger partial charge in [-0.3, -0.25) is 9.78 Å². The number of carbonyl (C=O) groups excluding carboxylic acids is 1. The number of amides is 1. The van der Waals surface area contributed by atoms with Crippen LogP contribution >= 0.6 is 11.6 Å². The van der Waals surface area contributed by atoms with Crippen molar-refractivity contribution in [3.8, 4) is 0 Å². The van der Waals surface area contributed by atoms with E-state index < -0.39 is 17.9 Å². The van der Waals surface area contributed by atoms with Crippen molar-refractivity contribution in [1.82, 2.24) is 10.3 Å². The van der Waals surface area contributed by atoms with Gasteiger partial charge in [0.15, 0.2) is 0 Å². The molecule has 18 heavy (non-hydrogen) atoms. The molecule has 1 amide bonds. The van der Waals surface area contributed by atoms with Gasteiger partial charge in [0.2, 0.25) is 0 Å². The average molecular weight is 271 g/mol. The molecule has 0 bridgehead atoms. The molecule has 1 rings (SSSR count). The number of aromatic nitrogens is 1. The van der Waals surface area contributed by atoms with E-state index in [1.807, 2.05) is 13.8 Å². The van der Waals surface area contributed by atoms with Gasteiger partial charge in [0.05, 0.1) is 0 Å². The SMILES string of the molecule is CC(C)C[C@H](NC(=O)c1cc(Cl)ccn1)C(=O)O. The molecule has 6 heteroatoms. The normalized spacial score (nSPS) is 12.2. The van der Waals surface area contributed by atoms with Gasteiger partial charge in [-0.05, 0) is 24.5 Å². The van der Waals surface area contributed by atoms with E-state index in [9.17, 15) is 9.59 Å².